The Bertz CT molecular complexity index is 370. The van der Waals surface area contributed by atoms with Gasteiger partial charge in [-0.1, -0.05) is 0 Å². The van der Waals surface area contributed by atoms with Crippen LogP contribution >= 0.6 is 22.3 Å². The molecule has 0 atom stereocenters. The van der Waals surface area contributed by atoms with Crippen molar-refractivity contribution < 1.29 is 18.8 Å². The van der Waals surface area contributed by atoms with Crippen LogP contribution in [0.3, 0.4) is 0 Å². The molecule has 0 radical (unpaired) electrons. The summed E-state index contributed by atoms with van der Waals surface area (Å²) >= 11 is 3.60. The number of phenols is 3. The van der Waals surface area contributed by atoms with Gasteiger partial charge in [-0.25, -0.2) is 0 Å². The fraction of sp³-hybridized carbons (Fsp3) is 0. The van der Waals surface area contributed by atoms with Crippen LogP contribution in [-0.4, -0.2) is 36.4 Å². The van der Waals surface area contributed by atoms with Gasteiger partial charge in [0.25, 0.3) is 0 Å². The molecule has 0 aliphatic heterocycles. The Labute approximate surface area is 96.9 Å². The van der Waals surface area contributed by atoms with Crippen molar-refractivity contribution in [3.63, 3.8) is 0 Å². The number of hydrogen-bond donors (Lipinski definition) is 3. The van der Waals surface area contributed by atoms with Crippen LogP contribution in [0.1, 0.15) is 5.56 Å². The van der Waals surface area contributed by atoms with Crippen LogP contribution in [0.25, 0.3) is 0 Å². The van der Waals surface area contributed by atoms with Crippen LogP contribution in [0.5, 0.6) is 17.2 Å². The number of hydrogen-bond acceptors (Lipinski definition) is 6. The summed E-state index contributed by atoms with van der Waals surface area (Å²) in [6.07, 6.45) is 0. The molecule has 0 aromatic heterocycles. The van der Waals surface area contributed by atoms with Gasteiger partial charge in [0.2, 0.25) is 0 Å². The molecule has 7 heteroatoms. The molecule has 0 aliphatic rings. The van der Waals surface area contributed by atoms with Gasteiger partial charge in [0.05, 0.1) is 0 Å². The van der Waals surface area contributed by atoms with E-state index in [0.717, 1.165) is 0 Å². The molecule has 3 N–H and O–H groups in total. The first-order valence-corrected chi connectivity index (χ1v) is 8.29. The maximum atomic E-state index is 9.16. The molecular weight excluding hydrogens is 282 g/mol. The first kappa shape index (κ1) is 11.4. The summed E-state index contributed by atoms with van der Waals surface area (Å²) in [6, 6.07) is 2.42. The molecule has 0 saturated heterocycles. The van der Waals surface area contributed by atoms with Gasteiger partial charge in [0.15, 0.2) is 0 Å². The van der Waals surface area contributed by atoms with Crippen molar-refractivity contribution in [1.82, 2.24) is 0 Å². The number of benzene rings is 1. The van der Waals surface area contributed by atoms with Crippen molar-refractivity contribution in [2.24, 2.45) is 0 Å². The van der Waals surface area contributed by atoms with Crippen LogP contribution in [0, 0.1) is 0 Å². The molecule has 1 rings (SSSR count). The summed E-state index contributed by atoms with van der Waals surface area (Å²) in [4.78, 5) is 0. The second-order valence-electron chi connectivity index (χ2n) is 2.36. The van der Waals surface area contributed by atoms with Crippen LogP contribution in [-0.2, 0) is 3.53 Å². The van der Waals surface area contributed by atoms with E-state index in [2.05, 4.69) is 0 Å². The number of phenolic OH excluding ortho intramolecular Hbond substituents is 3. The van der Waals surface area contributed by atoms with Gasteiger partial charge in [-0.05, 0) is 0 Å². The van der Waals surface area contributed by atoms with Crippen molar-refractivity contribution in [3.05, 3.63) is 17.7 Å². The van der Waals surface area contributed by atoms with Gasteiger partial charge in [-0.2, -0.15) is 0 Å². The Hall–Kier alpha value is -0.634. The molecule has 0 spiro atoms. The first-order chi connectivity index (χ1) is 6.56. The van der Waals surface area contributed by atoms with E-state index in [1.54, 1.807) is 0 Å². The molecule has 0 saturated carbocycles. The Balaban J connectivity index is 3.12. The van der Waals surface area contributed by atoms with E-state index in [0.29, 0.717) is 5.56 Å². The number of thiocarbonyl (C=S) groups is 1. The third-order valence-electron chi connectivity index (χ3n) is 1.46. The Kier molecular flexibility index (Phi) is 3.87. The second kappa shape index (κ2) is 4.74. The van der Waals surface area contributed by atoms with Gasteiger partial charge in [-0.3, -0.25) is 0 Å². The summed E-state index contributed by atoms with van der Waals surface area (Å²) in [5.41, 5.74) is 0.329. The van der Waals surface area contributed by atoms with Crippen LogP contribution in [0.15, 0.2) is 12.1 Å². The van der Waals surface area contributed by atoms with Crippen LogP contribution < -0.4 is 0 Å². The summed E-state index contributed by atoms with van der Waals surface area (Å²) in [5.74, 6) is -1.47. The predicted molar refractivity (Wildman–Crippen MR) is 57.6 cm³/mol. The molecule has 0 heterocycles. The molecule has 0 bridgehead atoms. The van der Waals surface area contributed by atoms with Crippen molar-refractivity contribution in [3.8, 4) is 17.2 Å². The molecule has 0 amide bonds. The van der Waals surface area contributed by atoms with E-state index < -0.39 is 33.3 Å². The van der Waals surface area contributed by atoms with Crippen LogP contribution in [0.4, 0.5) is 0 Å². The fourth-order valence-corrected chi connectivity index (χ4v) is 2.49. The van der Waals surface area contributed by atoms with Crippen molar-refractivity contribution in [2.75, 3.05) is 0 Å². The van der Waals surface area contributed by atoms with Gasteiger partial charge < -0.3 is 0 Å². The molecule has 0 unspecified atom stereocenters. The number of rotatable bonds is 2. The Morgan fingerprint density at radius 1 is 1.21 bits per heavy atom. The van der Waals surface area contributed by atoms with E-state index >= 15 is 0 Å². The third kappa shape index (κ3) is 2.44. The molecular formula is C7H5GaO4S2. The van der Waals surface area contributed by atoms with E-state index in [9.17, 15) is 0 Å². The molecule has 0 fully saturated rings. The van der Waals surface area contributed by atoms with E-state index in [4.69, 9.17) is 41.1 Å². The normalized spacial score (nSPS) is 9.14. The summed E-state index contributed by atoms with van der Waals surface area (Å²) in [5, 5.41) is 27.5. The molecule has 0 aliphatic carbocycles. The van der Waals surface area contributed by atoms with E-state index in [-0.39, 0.29) is 5.05 Å². The zero-order valence-electron chi connectivity index (χ0n) is 6.80. The molecule has 1 aromatic carbocycles. The third-order valence-corrected chi connectivity index (χ3v) is 3.35. The van der Waals surface area contributed by atoms with Gasteiger partial charge in [0.1, 0.15) is 0 Å². The van der Waals surface area contributed by atoms with E-state index in [1.165, 1.54) is 12.1 Å². The predicted octanol–water partition coefficient (Wildman–Crippen LogP) is 1.23. The van der Waals surface area contributed by atoms with Gasteiger partial charge in [0, 0.05) is 0 Å². The van der Waals surface area contributed by atoms with Gasteiger partial charge in [-0.15, -0.1) is 0 Å². The quantitative estimate of drug-likeness (QED) is 0.432. The topological polar surface area (TPSA) is 69.9 Å². The monoisotopic (exact) mass is 286 g/mol. The SMILES string of the molecule is Oc1cc(C(=S)[O][Ga]=[S])cc(O)c1O. The second-order valence-corrected chi connectivity index (χ2v) is 4.63. The average Bonchev–Trinajstić information content (AvgIpc) is 2.13. The molecule has 72 valence electrons. The zero-order valence-corrected chi connectivity index (χ0v) is 10.9. The minimum atomic E-state index is -1.23. The molecule has 14 heavy (non-hydrogen) atoms. The number of aromatic hydroxyl groups is 3. The molecule has 4 nitrogen and oxygen atoms in total. The van der Waals surface area contributed by atoms with Crippen LogP contribution in [0.2, 0.25) is 0 Å². The maximum absolute atomic E-state index is 9.16. The van der Waals surface area contributed by atoms with Gasteiger partial charge >= 0.3 is 97.1 Å². The van der Waals surface area contributed by atoms with Crippen molar-refractivity contribution >= 4 is 43.3 Å². The summed E-state index contributed by atoms with van der Waals surface area (Å²) in [7, 11) is 4.69. The fourth-order valence-electron chi connectivity index (χ4n) is 0.834. The standard InChI is InChI=1S/C7H6O4S.Ga.S/c8-4-1-3(7(11)12)2-5(9)6(4)10;;/h1-2,8-10H,(H,11,12);;/q;+1;/p-1. The Morgan fingerprint density at radius 3 is 2.14 bits per heavy atom. The minimum absolute atomic E-state index is 0.130. The van der Waals surface area contributed by atoms with E-state index in [1.807, 2.05) is 0 Å². The van der Waals surface area contributed by atoms with Crippen molar-refractivity contribution in [2.45, 2.75) is 0 Å². The zero-order chi connectivity index (χ0) is 10.7. The molecule has 1 aromatic rings. The first-order valence-electron chi connectivity index (χ1n) is 3.46. The Morgan fingerprint density at radius 2 is 1.71 bits per heavy atom. The average molecular weight is 287 g/mol. The summed E-state index contributed by atoms with van der Waals surface area (Å²) in [6.45, 7) is 0. The summed E-state index contributed by atoms with van der Waals surface area (Å²) < 4.78 is 4.98. The van der Waals surface area contributed by atoms with Crippen molar-refractivity contribution in [1.29, 1.82) is 0 Å².